The quantitative estimate of drug-likeness (QED) is 0.907. The Labute approximate surface area is 110 Å². The van der Waals surface area contributed by atoms with E-state index in [0.29, 0.717) is 18.4 Å². The summed E-state index contributed by atoms with van der Waals surface area (Å²) >= 11 is 0. The molecular formula is C14H17F3O2. The summed E-state index contributed by atoms with van der Waals surface area (Å²) in [4.78, 5) is 0. The van der Waals surface area contributed by atoms with Crippen molar-refractivity contribution in [2.24, 2.45) is 0 Å². The third-order valence-corrected chi connectivity index (χ3v) is 3.38. The summed E-state index contributed by atoms with van der Waals surface area (Å²) < 4.78 is 43.1. The number of hydrogen-bond donors (Lipinski definition) is 1. The summed E-state index contributed by atoms with van der Waals surface area (Å²) in [6.45, 7) is 0.740. The fourth-order valence-electron chi connectivity index (χ4n) is 2.30. The largest absolute Gasteiger partial charge is 0.416 e. The molecule has 0 saturated carbocycles. The molecule has 2 atom stereocenters. The molecular weight excluding hydrogens is 257 g/mol. The van der Waals surface area contributed by atoms with Gasteiger partial charge in [-0.3, -0.25) is 0 Å². The number of aliphatic hydroxyl groups excluding tert-OH is 1. The van der Waals surface area contributed by atoms with E-state index in [0.717, 1.165) is 31.6 Å². The third kappa shape index (κ3) is 3.94. The van der Waals surface area contributed by atoms with Crippen LogP contribution < -0.4 is 0 Å². The fraction of sp³-hybridized carbons (Fsp3) is 0.571. The number of benzene rings is 1. The monoisotopic (exact) mass is 274 g/mol. The Morgan fingerprint density at radius 3 is 2.79 bits per heavy atom. The standard InChI is InChI=1S/C14H17F3O2/c15-14(16,17)11-4-1-3-10(9-11)13(18)7-6-12-5-2-8-19-12/h1,3-4,9,12-13,18H,2,5-8H2. The van der Waals surface area contributed by atoms with E-state index in [1.165, 1.54) is 12.1 Å². The minimum absolute atomic E-state index is 0.139. The van der Waals surface area contributed by atoms with Gasteiger partial charge in [-0.15, -0.1) is 0 Å². The molecule has 2 unspecified atom stereocenters. The second-order valence-electron chi connectivity index (χ2n) is 4.85. The average molecular weight is 274 g/mol. The van der Waals surface area contributed by atoms with Crippen molar-refractivity contribution in [1.29, 1.82) is 0 Å². The lowest BCUT2D eigenvalue weighted by molar-refractivity contribution is -0.137. The number of hydrogen-bond acceptors (Lipinski definition) is 2. The summed E-state index contributed by atoms with van der Waals surface area (Å²) in [5, 5.41) is 9.95. The molecule has 0 aliphatic carbocycles. The molecule has 1 heterocycles. The molecule has 1 N–H and O–H groups in total. The Morgan fingerprint density at radius 1 is 1.37 bits per heavy atom. The molecule has 0 radical (unpaired) electrons. The van der Waals surface area contributed by atoms with Crippen molar-refractivity contribution in [3.8, 4) is 0 Å². The molecule has 19 heavy (non-hydrogen) atoms. The van der Waals surface area contributed by atoms with E-state index >= 15 is 0 Å². The Morgan fingerprint density at radius 2 is 2.16 bits per heavy atom. The van der Waals surface area contributed by atoms with Gasteiger partial charge in [-0.05, 0) is 43.4 Å². The highest BCUT2D eigenvalue weighted by molar-refractivity contribution is 5.27. The number of halogens is 3. The number of ether oxygens (including phenoxy) is 1. The van der Waals surface area contributed by atoms with Crippen molar-refractivity contribution in [2.45, 2.75) is 44.1 Å². The van der Waals surface area contributed by atoms with Gasteiger partial charge in [0.15, 0.2) is 0 Å². The maximum absolute atomic E-state index is 12.6. The number of rotatable bonds is 4. The van der Waals surface area contributed by atoms with E-state index in [2.05, 4.69) is 0 Å². The molecule has 1 aromatic rings. The molecule has 106 valence electrons. The molecule has 2 rings (SSSR count). The van der Waals surface area contributed by atoms with E-state index < -0.39 is 17.8 Å². The summed E-state index contributed by atoms with van der Waals surface area (Å²) in [5.74, 6) is 0. The van der Waals surface area contributed by atoms with Gasteiger partial charge in [0.2, 0.25) is 0 Å². The van der Waals surface area contributed by atoms with Gasteiger partial charge in [0.05, 0.1) is 17.8 Å². The van der Waals surface area contributed by atoms with E-state index in [1.54, 1.807) is 0 Å². The molecule has 1 aromatic carbocycles. The first kappa shape index (κ1) is 14.3. The van der Waals surface area contributed by atoms with Gasteiger partial charge >= 0.3 is 6.18 Å². The molecule has 0 amide bonds. The predicted molar refractivity (Wildman–Crippen MR) is 64.6 cm³/mol. The maximum Gasteiger partial charge on any atom is 0.416 e. The molecule has 1 saturated heterocycles. The molecule has 1 aliphatic heterocycles. The Balaban J connectivity index is 1.96. The van der Waals surface area contributed by atoms with Crippen LogP contribution in [0.3, 0.4) is 0 Å². The Bertz CT molecular complexity index is 411. The van der Waals surface area contributed by atoms with Crippen molar-refractivity contribution < 1.29 is 23.0 Å². The second kappa shape index (κ2) is 5.92. The SMILES string of the molecule is OC(CCC1CCCO1)c1cccc(C(F)(F)F)c1. The minimum Gasteiger partial charge on any atom is -0.388 e. The lowest BCUT2D eigenvalue weighted by Gasteiger charge is -2.15. The van der Waals surface area contributed by atoms with Crippen LogP contribution in [0.2, 0.25) is 0 Å². The maximum atomic E-state index is 12.6. The van der Waals surface area contributed by atoms with E-state index in [1.807, 2.05) is 0 Å². The number of aliphatic hydroxyl groups is 1. The summed E-state index contributed by atoms with van der Waals surface area (Å²) in [5.41, 5.74) is -0.408. The van der Waals surface area contributed by atoms with E-state index in [4.69, 9.17) is 4.74 Å². The molecule has 0 spiro atoms. The first-order valence-corrected chi connectivity index (χ1v) is 6.43. The molecule has 0 bridgehead atoms. The third-order valence-electron chi connectivity index (χ3n) is 3.38. The second-order valence-corrected chi connectivity index (χ2v) is 4.85. The van der Waals surface area contributed by atoms with Crippen LogP contribution in [0.4, 0.5) is 13.2 Å². The van der Waals surface area contributed by atoms with Gasteiger partial charge in [0, 0.05) is 6.61 Å². The zero-order valence-electron chi connectivity index (χ0n) is 10.5. The van der Waals surface area contributed by atoms with Gasteiger partial charge in [0.1, 0.15) is 0 Å². The smallest absolute Gasteiger partial charge is 0.388 e. The highest BCUT2D eigenvalue weighted by atomic mass is 19.4. The van der Waals surface area contributed by atoms with Crippen LogP contribution in [0, 0.1) is 0 Å². The van der Waals surface area contributed by atoms with Crippen LogP contribution in [-0.4, -0.2) is 17.8 Å². The average Bonchev–Trinajstić information content (AvgIpc) is 2.88. The number of alkyl halides is 3. The van der Waals surface area contributed by atoms with Gasteiger partial charge in [-0.25, -0.2) is 0 Å². The molecule has 5 heteroatoms. The van der Waals surface area contributed by atoms with Gasteiger partial charge in [-0.2, -0.15) is 13.2 Å². The lowest BCUT2D eigenvalue weighted by atomic mass is 10.00. The highest BCUT2D eigenvalue weighted by Crippen LogP contribution is 2.32. The van der Waals surface area contributed by atoms with Crippen LogP contribution in [0.1, 0.15) is 42.9 Å². The van der Waals surface area contributed by atoms with Crippen molar-refractivity contribution in [3.63, 3.8) is 0 Å². The van der Waals surface area contributed by atoms with Crippen molar-refractivity contribution in [3.05, 3.63) is 35.4 Å². The van der Waals surface area contributed by atoms with E-state index in [-0.39, 0.29) is 6.10 Å². The zero-order chi connectivity index (χ0) is 13.9. The van der Waals surface area contributed by atoms with Crippen molar-refractivity contribution >= 4 is 0 Å². The topological polar surface area (TPSA) is 29.5 Å². The normalized spacial score (nSPS) is 21.6. The molecule has 2 nitrogen and oxygen atoms in total. The molecule has 1 aliphatic rings. The lowest BCUT2D eigenvalue weighted by Crippen LogP contribution is -2.09. The Hall–Kier alpha value is -1.07. The highest BCUT2D eigenvalue weighted by Gasteiger charge is 2.30. The summed E-state index contributed by atoms with van der Waals surface area (Å²) in [6.07, 6.45) is -2.01. The summed E-state index contributed by atoms with van der Waals surface area (Å²) in [6, 6.07) is 4.87. The van der Waals surface area contributed by atoms with Gasteiger partial charge in [-0.1, -0.05) is 12.1 Å². The first-order valence-electron chi connectivity index (χ1n) is 6.43. The minimum atomic E-state index is -4.37. The van der Waals surface area contributed by atoms with Crippen LogP contribution in [0.15, 0.2) is 24.3 Å². The van der Waals surface area contributed by atoms with Crippen LogP contribution in [-0.2, 0) is 10.9 Å². The summed E-state index contributed by atoms with van der Waals surface area (Å²) in [7, 11) is 0. The fourth-order valence-corrected chi connectivity index (χ4v) is 2.30. The molecule has 0 aromatic heterocycles. The van der Waals surface area contributed by atoms with Crippen molar-refractivity contribution in [2.75, 3.05) is 6.61 Å². The van der Waals surface area contributed by atoms with Crippen molar-refractivity contribution in [1.82, 2.24) is 0 Å². The zero-order valence-corrected chi connectivity index (χ0v) is 10.5. The Kier molecular flexibility index (Phi) is 4.47. The van der Waals surface area contributed by atoms with Gasteiger partial charge < -0.3 is 9.84 Å². The first-order chi connectivity index (χ1) is 8.97. The predicted octanol–water partition coefficient (Wildman–Crippen LogP) is 3.70. The van der Waals surface area contributed by atoms with Crippen LogP contribution in [0.5, 0.6) is 0 Å². The van der Waals surface area contributed by atoms with Crippen LogP contribution in [0.25, 0.3) is 0 Å². The van der Waals surface area contributed by atoms with E-state index in [9.17, 15) is 18.3 Å². The molecule has 1 fully saturated rings. The van der Waals surface area contributed by atoms with Crippen LogP contribution >= 0.6 is 0 Å². The van der Waals surface area contributed by atoms with Gasteiger partial charge in [0.25, 0.3) is 0 Å².